The average Bonchev–Trinajstić information content (AvgIpc) is 2.54. The maximum atomic E-state index is 12.1. The molecule has 0 radical (unpaired) electrons. The smallest absolute Gasteiger partial charge is 0.258 e. The third-order valence-corrected chi connectivity index (χ3v) is 3.80. The van der Waals surface area contributed by atoms with E-state index in [0.717, 1.165) is 19.3 Å². The molecule has 0 bridgehead atoms. The minimum Gasteiger partial charge on any atom is -0.484 e. The largest absolute Gasteiger partial charge is 0.484 e. The van der Waals surface area contributed by atoms with Gasteiger partial charge in [-0.1, -0.05) is 42.6 Å². The van der Waals surface area contributed by atoms with E-state index < -0.39 is 5.54 Å². The van der Waals surface area contributed by atoms with Crippen LogP contribution in [0.3, 0.4) is 0 Å². The summed E-state index contributed by atoms with van der Waals surface area (Å²) in [5.74, 6) is 0.428. The molecule has 6 nitrogen and oxygen atoms in total. The zero-order valence-electron chi connectivity index (χ0n) is 11.9. The van der Waals surface area contributed by atoms with Crippen LogP contribution in [0.5, 0.6) is 5.75 Å². The van der Waals surface area contributed by atoms with Crippen molar-refractivity contribution in [1.29, 1.82) is 0 Å². The highest BCUT2D eigenvalue weighted by Crippen LogP contribution is 2.28. The molecule has 6 heteroatoms. The molecule has 1 aromatic rings. The standard InChI is InChI=1S/C15H21N3O3/c16-14(18-20)15(9-5-2-6-10-15)17-13(19)11-21-12-7-3-1-4-8-12/h1,3-4,7-8,20H,2,5-6,9-11H2,(H2,16,18)(H,17,19). The number of amidine groups is 1. The van der Waals surface area contributed by atoms with Crippen molar-refractivity contribution in [3.8, 4) is 5.75 Å². The molecule has 2 rings (SSSR count). The number of carbonyl (C=O) groups is 1. The first kappa shape index (κ1) is 15.2. The molecule has 0 atom stereocenters. The Morgan fingerprint density at radius 2 is 1.95 bits per heavy atom. The summed E-state index contributed by atoms with van der Waals surface area (Å²) in [4.78, 5) is 12.1. The van der Waals surface area contributed by atoms with Gasteiger partial charge in [0.25, 0.3) is 5.91 Å². The van der Waals surface area contributed by atoms with Crippen molar-refractivity contribution < 1.29 is 14.7 Å². The van der Waals surface area contributed by atoms with E-state index in [1.54, 1.807) is 12.1 Å². The van der Waals surface area contributed by atoms with E-state index >= 15 is 0 Å². The van der Waals surface area contributed by atoms with Gasteiger partial charge in [0.2, 0.25) is 0 Å². The van der Waals surface area contributed by atoms with Crippen LogP contribution in [0.1, 0.15) is 32.1 Å². The van der Waals surface area contributed by atoms with Gasteiger partial charge in [0.05, 0.1) is 0 Å². The molecule has 0 saturated heterocycles. The minimum atomic E-state index is -0.746. The Kier molecular flexibility index (Phi) is 5.03. The van der Waals surface area contributed by atoms with Crippen LogP contribution in [0.15, 0.2) is 35.5 Å². The van der Waals surface area contributed by atoms with Crippen molar-refractivity contribution in [1.82, 2.24) is 5.32 Å². The van der Waals surface area contributed by atoms with E-state index in [0.29, 0.717) is 18.6 Å². The second-order valence-corrected chi connectivity index (χ2v) is 5.28. The highest BCUT2D eigenvalue weighted by molar-refractivity contribution is 5.94. The van der Waals surface area contributed by atoms with Gasteiger partial charge in [-0.3, -0.25) is 4.79 Å². The number of nitrogens with zero attached hydrogens (tertiary/aromatic N) is 1. The number of hydrogen-bond acceptors (Lipinski definition) is 4. The summed E-state index contributed by atoms with van der Waals surface area (Å²) in [5.41, 5.74) is 5.04. The molecule has 0 spiro atoms. The molecular weight excluding hydrogens is 270 g/mol. The van der Waals surface area contributed by atoms with Crippen LogP contribution in [-0.2, 0) is 4.79 Å². The van der Waals surface area contributed by atoms with Crippen molar-refractivity contribution in [2.45, 2.75) is 37.6 Å². The molecule has 1 saturated carbocycles. The van der Waals surface area contributed by atoms with Crippen molar-refractivity contribution in [3.05, 3.63) is 30.3 Å². The van der Waals surface area contributed by atoms with Gasteiger partial charge in [-0.2, -0.15) is 0 Å². The van der Waals surface area contributed by atoms with Gasteiger partial charge in [0.15, 0.2) is 12.4 Å². The summed E-state index contributed by atoms with van der Waals surface area (Å²) in [6, 6.07) is 9.13. The molecule has 1 fully saturated rings. The summed E-state index contributed by atoms with van der Waals surface area (Å²) in [6.07, 6.45) is 4.34. The zero-order valence-corrected chi connectivity index (χ0v) is 11.9. The van der Waals surface area contributed by atoms with E-state index in [9.17, 15) is 4.79 Å². The Hall–Kier alpha value is -2.24. The fourth-order valence-electron chi connectivity index (χ4n) is 2.66. The van der Waals surface area contributed by atoms with Gasteiger partial charge in [0, 0.05) is 0 Å². The average molecular weight is 291 g/mol. The van der Waals surface area contributed by atoms with E-state index in [2.05, 4.69) is 10.5 Å². The van der Waals surface area contributed by atoms with Crippen LogP contribution in [0.2, 0.25) is 0 Å². The predicted octanol–water partition coefficient (Wildman–Crippen LogP) is 1.63. The molecule has 0 heterocycles. The molecule has 0 aromatic heterocycles. The highest BCUT2D eigenvalue weighted by Gasteiger charge is 2.38. The minimum absolute atomic E-state index is 0.0651. The van der Waals surface area contributed by atoms with Gasteiger partial charge < -0.3 is 21.0 Å². The predicted molar refractivity (Wildman–Crippen MR) is 79.3 cm³/mol. The SMILES string of the molecule is NC(=NO)C1(NC(=O)COc2ccccc2)CCCCC1. The van der Waals surface area contributed by atoms with Crippen LogP contribution in [0.25, 0.3) is 0 Å². The van der Waals surface area contributed by atoms with Crippen molar-refractivity contribution in [3.63, 3.8) is 0 Å². The van der Waals surface area contributed by atoms with Crippen molar-refractivity contribution in [2.24, 2.45) is 10.9 Å². The van der Waals surface area contributed by atoms with E-state index in [1.165, 1.54) is 0 Å². The van der Waals surface area contributed by atoms with Crippen molar-refractivity contribution in [2.75, 3.05) is 6.61 Å². The molecule has 4 N–H and O–H groups in total. The Balaban J connectivity index is 1.95. The number of rotatable bonds is 5. The number of benzene rings is 1. The Bertz CT molecular complexity index is 496. The molecule has 1 aliphatic rings. The van der Waals surface area contributed by atoms with E-state index in [4.69, 9.17) is 15.7 Å². The van der Waals surface area contributed by atoms with Crippen LogP contribution < -0.4 is 15.8 Å². The number of amides is 1. The first-order chi connectivity index (χ1) is 10.2. The van der Waals surface area contributed by atoms with Crippen LogP contribution in [-0.4, -0.2) is 29.1 Å². The van der Waals surface area contributed by atoms with Crippen LogP contribution in [0, 0.1) is 0 Å². The van der Waals surface area contributed by atoms with Gasteiger partial charge in [-0.05, 0) is 25.0 Å². The Labute approximate surface area is 124 Å². The summed E-state index contributed by atoms with van der Waals surface area (Å²) in [6.45, 7) is -0.0928. The molecule has 1 aliphatic carbocycles. The lowest BCUT2D eigenvalue weighted by molar-refractivity contribution is -0.124. The fourth-order valence-corrected chi connectivity index (χ4v) is 2.66. The highest BCUT2D eigenvalue weighted by atomic mass is 16.5. The van der Waals surface area contributed by atoms with E-state index in [1.807, 2.05) is 18.2 Å². The fraction of sp³-hybridized carbons (Fsp3) is 0.467. The van der Waals surface area contributed by atoms with Gasteiger partial charge in [-0.15, -0.1) is 0 Å². The van der Waals surface area contributed by atoms with E-state index in [-0.39, 0.29) is 18.3 Å². The monoisotopic (exact) mass is 291 g/mol. The Morgan fingerprint density at radius 3 is 2.57 bits per heavy atom. The second kappa shape index (κ2) is 6.97. The third-order valence-electron chi connectivity index (χ3n) is 3.80. The van der Waals surface area contributed by atoms with Gasteiger partial charge in [-0.25, -0.2) is 0 Å². The lowest BCUT2D eigenvalue weighted by atomic mass is 9.80. The molecule has 0 unspecified atom stereocenters. The number of oxime groups is 1. The first-order valence-electron chi connectivity index (χ1n) is 7.13. The molecular formula is C15H21N3O3. The number of hydrogen-bond donors (Lipinski definition) is 3. The molecule has 1 amide bonds. The maximum Gasteiger partial charge on any atom is 0.258 e. The van der Waals surface area contributed by atoms with Crippen LogP contribution >= 0.6 is 0 Å². The molecule has 21 heavy (non-hydrogen) atoms. The third kappa shape index (κ3) is 3.87. The number of nitrogens with two attached hydrogens (primary N) is 1. The van der Waals surface area contributed by atoms with Gasteiger partial charge >= 0.3 is 0 Å². The zero-order chi connectivity index (χ0) is 15.1. The summed E-state index contributed by atoms with van der Waals surface area (Å²) < 4.78 is 5.41. The molecule has 0 aliphatic heterocycles. The Morgan fingerprint density at radius 1 is 1.29 bits per heavy atom. The molecule has 1 aromatic carbocycles. The number of carbonyl (C=O) groups excluding carboxylic acids is 1. The van der Waals surface area contributed by atoms with Gasteiger partial charge in [0.1, 0.15) is 11.3 Å². The maximum absolute atomic E-state index is 12.1. The van der Waals surface area contributed by atoms with Crippen molar-refractivity contribution >= 4 is 11.7 Å². The topological polar surface area (TPSA) is 96.9 Å². The summed E-state index contributed by atoms with van der Waals surface area (Å²) >= 11 is 0. The first-order valence-corrected chi connectivity index (χ1v) is 7.13. The number of ether oxygens (including phenoxy) is 1. The second-order valence-electron chi connectivity index (χ2n) is 5.28. The number of para-hydroxylation sites is 1. The summed E-state index contributed by atoms with van der Waals surface area (Å²) in [5, 5.41) is 14.9. The number of nitrogens with one attached hydrogen (secondary N) is 1. The lowest BCUT2D eigenvalue weighted by Gasteiger charge is -2.36. The van der Waals surface area contributed by atoms with Crippen LogP contribution in [0.4, 0.5) is 0 Å². The normalized spacial score (nSPS) is 18.0. The lowest BCUT2D eigenvalue weighted by Crippen LogP contribution is -2.59. The molecule has 114 valence electrons. The summed E-state index contributed by atoms with van der Waals surface area (Å²) in [7, 11) is 0. The quantitative estimate of drug-likeness (QED) is 0.332.